The molecule has 5 heteroatoms. The van der Waals surface area contributed by atoms with Crippen molar-refractivity contribution in [2.75, 3.05) is 19.8 Å². The summed E-state index contributed by atoms with van der Waals surface area (Å²) in [5, 5.41) is 3.05. The summed E-state index contributed by atoms with van der Waals surface area (Å²) < 4.78 is 42.7. The third-order valence-electron chi connectivity index (χ3n) is 3.68. The Morgan fingerprint density at radius 3 is 2.44 bits per heavy atom. The van der Waals surface area contributed by atoms with Crippen molar-refractivity contribution in [3.63, 3.8) is 0 Å². The SMILES string of the molecule is FC(F)(F)C1CCC(C2CCCOC2)NC1. The molecule has 0 radical (unpaired) electrons. The molecule has 0 bridgehead atoms. The van der Waals surface area contributed by atoms with Gasteiger partial charge in [-0.15, -0.1) is 0 Å². The van der Waals surface area contributed by atoms with Crippen molar-refractivity contribution in [3.8, 4) is 0 Å². The second-order valence-corrected chi connectivity index (χ2v) is 4.81. The summed E-state index contributed by atoms with van der Waals surface area (Å²) in [4.78, 5) is 0. The summed E-state index contributed by atoms with van der Waals surface area (Å²) in [5.74, 6) is -0.754. The van der Waals surface area contributed by atoms with E-state index in [9.17, 15) is 13.2 Å². The van der Waals surface area contributed by atoms with E-state index in [-0.39, 0.29) is 19.0 Å². The lowest BCUT2D eigenvalue weighted by atomic mass is 9.85. The predicted octanol–water partition coefficient (Wildman–Crippen LogP) is 2.34. The van der Waals surface area contributed by atoms with Gasteiger partial charge >= 0.3 is 6.18 Å². The fourth-order valence-electron chi connectivity index (χ4n) is 2.64. The predicted molar refractivity (Wildman–Crippen MR) is 54.1 cm³/mol. The largest absolute Gasteiger partial charge is 0.393 e. The van der Waals surface area contributed by atoms with Gasteiger partial charge in [-0.2, -0.15) is 13.2 Å². The smallest absolute Gasteiger partial charge is 0.381 e. The average molecular weight is 237 g/mol. The van der Waals surface area contributed by atoms with Gasteiger partial charge in [0.1, 0.15) is 0 Å². The van der Waals surface area contributed by atoms with Crippen LogP contribution in [0.25, 0.3) is 0 Å². The fourth-order valence-corrected chi connectivity index (χ4v) is 2.64. The molecule has 2 heterocycles. The van der Waals surface area contributed by atoms with Crippen molar-refractivity contribution in [1.29, 1.82) is 0 Å². The Morgan fingerprint density at radius 1 is 1.12 bits per heavy atom. The van der Waals surface area contributed by atoms with E-state index in [1.807, 2.05) is 0 Å². The third-order valence-corrected chi connectivity index (χ3v) is 3.68. The molecule has 3 atom stereocenters. The Kier molecular flexibility index (Phi) is 3.74. The number of ether oxygens (including phenoxy) is 1. The number of piperidine rings is 1. The highest BCUT2D eigenvalue weighted by Crippen LogP contribution is 2.34. The molecular weight excluding hydrogens is 219 g/mol. The second-order valence-electron chi connectivity index (χ2n) is 4.81. The Labute approximate surface area is 93.5 Å². The lowest BCUT2D eigenvalue weighted by Crippen LogP contribution is -2.49. The topological polar surface area (TPSA) is 21.3 Å². The number of rotatable bonds is 1. The van der Waals surface area contributed by atoms with Gasteiger partial charge in [-0.3, -0.25) is 0 Å². The maximum Gasteiger partial charge on any atom is 0.393 e. The zero-order chi connectivity index (χ0) is 11.6. The van der Waals surface area contributed by atoms with E-state index in [4.69, 9.17) is 4.74 Å². The summed E-state index contributed by atoms with van der Waals surface area (Å²) in [6.45, 7) is 1.58. The van der Waals surface area contributed by atoms with E-state index >= 15 is 0 Å². The lowest BCUT2D eigenvalue weighted by molar-refractivity contribution is -0.180. The minimum atomic E-state index is -4.04. The molecule has 2 saturated heterocycles. The zero-order valence-corrected chi connectivity index (χ0v) is 9.22. The summed E-state index contributed by atoms with van der Waals surface area (Å²) in [5.41, 5.74) is 0. The first-order valence-corrected chi connectivity index (χ1v) is 5.95. The number of halogens is 3. The van der Waals surface area contributed by atoms with Gasteiger partial charge in [-0.1, -0.05) is 0 Å². The van der Waals surface area contributed by atoms with Gasteiger partial charge in [0.2, 0.25) is 0 Å². The quantitative estimate of drug-likeness (QED) is 0.755. The van der Waals surface area contributed by atoms with Crippen LogP contribution in [0.1, 0.15) is 25.7 Å². The molecule has 0 spiro atoms. The molecule has 0 aliphatic carbocycles. The fraction of sp³-hybridized carbons (Fsp3) is 1.00. The van der Waals surface area contributed by atoms with E-state index in [1.165, 1.54) is 0 Å². The Balaban J connectivity index is 1.80. The van der Waals surface area contributed by atoms with E-state index in [0.29, 0.717) is 18.9 Å². The molecule has 0 amide bonds. The molecule has 16 heavy (non-hydrogen) atoms. The van der Waals surface area contributed by atoms with E-state index < -0.39 is 12.1 Å². The first-order chi connectivity index (χ1) is 7.57. The van der Waals surface area contributed by atoms with Crippen LogP contribution in [-0.4, -0.2) is 32.0 Å². The minimum Gasteiger partial charge on any atom is -0.381 e. The van der Waals surface area contributed by atoms with E-state index in [1.54, 1.807) is 0 Å². The molecule has 94 valence electrons. The maximum absolute atomic E-state index is 12.4. The van der Waals surface area contributed by atoms with Crippen molar-refractivity contribution in [1.82, 2.24) is 5.32 Å². The van der Waals surface area contributed by atoms with Crippen LogP contribution >= 0.6 is 0 Å². The van der Waals surface area contributed by atoms with Crippen LogP contribution in [0.4, 0.5) is 13.2 Å². The maximum atomic E-state index is 12.4. The van der Waals surface area contributed by atoms with Crippen molar-refractivity contribution < 1.29 is 17.9 Å². The van der Waals surface area contributed by atoms with Gasteiger partial charge in [0.15, 0.2) is 0 Å². The van der Waals surface area contributed by atoms with E-state index in [0.717, 1.165) is 19.4 Å². The molecular formula is C11H18F3NO. The molecule has 0 aromatic rings. The summed E-state index contributed by atoms with van der Waals surface area (Å²) in [6.07, 6.45) is -1.04. The van der Waals surface area contributed by atoms with Crippen molar-refractivity contribution in [2.45, 2.75) is 37.9 Å². The van der Waals surface area contributed by atoms with Gasteiger partial charge in [0.05, 0.1) is 12.5 Å². The van der Waals surface area contributed by atoms with Gasteiger partial charge in [-0.25, -0.2) is 0 Å². The molecule has 2 aliphatic heterocycles. The molecule has 0 aromatic carbocycles. The monoisotopic (exact) mass is 237 g/mol. The Hall–Kier alpha value is -0.290. The van der Waals surface area contributed by atoms with Crippen molar-refractivity contribution in [3.05, 3.63) is 0 Å². The average Bonchev–Trinajstić information content (AvgIpc) is 2.29. The van der Waals surface area contributed by atoms with E-state index in [2.05, 4.69) is 5.32 Å². The first-order valence-electron chi connectivity index (χ1n) is 5.95. The highest BCUT2D eigenvalue weighted by molar-refractivity contribution is 4.86. The van der Waals surface area contributed by atoms with Crippen LogP contribution in [0, 0.1) is 11.8 Å². The molecule has 0 saturated carbocycles. The van der Waals surface area contributed by atoms with Crippen LogP contribution in [0.15, 0.2) is 0 Å². The molecule has 2 fully saturated rings. The normalized spacial score (nSPS) is 37.3. The molecule has 1 N–H and O–H groups in total. The number of alkyl halides is 3. The molecule has 2 rings (SSSR count). The Bertz CT molecular complexity index is 218. The van der Waals surface area contributed by atoms with Crippen molar-refractivity contribution >= 4 is 0 Å². The number of hydrogen-bond acceptors (Lipinski definition) is 2. The van der Waals surface area contributed by atoms with Gasteiger partial charge in [-0.05, 0) is 31.6 Å². The standard InChI is InChI=1S/C11H18F3NO/c12-11(13,14)9-3-4-10(15-6-9)8-2-1-5-16-7-8/h8-10,15H,1-7H2. The van der Waals surface area contributed by atoms with Crippen LogP contribution in [0.5, 0.6) is 0 Å². The Morgan fingerprint density at radius 2 is 1.94 bits per heavy atom. The van der Waals surface area contributed by atoms with Gasteiger partial charge in [0.25, 0.3) is 0 Å². The molecule has 2 aliphatic rings. The molecule has 2 nitrogen and oxygen atoms in total. The second kappa shape index (κ2) is 4.92. The lowest BCUT2D eigenvalue weighted by Gasteiger charge is -2.37. The highest BCUT2D eigenvalue weighted by Gasteiger charge is 2.42. The van der Waals surface area contributed by atoms with Gasteiger partial charge in [0, 0.05) is 19.2 Å². The van der Waals surface area contributed by atoms with Crippen LogP contribution in [-0.2, 0) is 4.74 Å². The highest BCUT2D eigenvalue weighted by atomic mass is 19.4. The van der Waals surface area contributed by atoms with Crippen LogP contribution < -0.4 is 5.32 Å². The summed E-state index contributed by atoms with van der Waals surface area (Å²) >= 11 is 0. The van der Waals surface area contributed by atoms with Crippen LogP contribution in [0.2, 0.25) is 0 Å². The summed E-state index contributed by atoms with van der Waals surface area (Å²) in [6, 6.07) is 0.221. The van der Waals surface area contributed by atoms with Crippen LogP contribution in [0.3, 0.4) is 0 Å². The first kappa shape index (κ1) is 12.2. The molecule has 0 aromatic heterocycles. The van der Waals surface area contributed by atoms with Crippen molar-refractivity contribution in [2.24, 2.45) is 11.8 Å². The summed E-state index contributed by atoms with van der Waals surface area (Å²) in [7, 11) is 0. The number of nitrogens with one attached hydrogen (secondary N) is 1. The third kappa shape index (κ3) is 2.88. The zero-order valence-electron chi connectivity index (χ0n) is 9.22. The molecule has 3 unspecified atom stereocenters. The van der Waals surface area contributed by atoms with Gasteiger partial charge < -0.3 is 10.1 Å². The number of hydrogen-bond donors (Lipinski definition) is 1. The minimum absolute atomic E-state index is 0.0741.